The van der Waals surface area contributed by atoms with E-state index in [2.05, 4.69) is 11.4 Å². The van der Waals surface area contributed by atoms with Gasteiger partial charge in [-0.25, -0.2) is 0 Å². The fourth-order valence-electron chi connectivity index (χ4n) is 2.25. The maximum atomic E-state index is 12.1. The Morgan fingerprint density at radius 1 is 1.26 bits per heavy atom. The number of rotatable bonds is 6. The van der Waals surface area contributed by atoms with Gasteiger partial charge in [-0.1, -0.05) is 18.2 Å². The average Bonchev–Trinajstić information content (AvgIpc) is 2.54. The van der Waals surface area contributed by atoms with Crippen LogP contribution in [0.1, 0.15) is 11.1 Å². The van der Waals surface area contributed by atoms with Gasteiger partial charge < -0.3 is 10.1 Å². The van der Waals surface area contributed by atoms with Crippen molar-refractivity contribution in [3.63, 3.8) is 0 Å². The lowest BCUT2D eigenvalue weighted by molar-refractivity contribution is -0.117. The predicted molar refractivity (Wildman–Crippen MR) is 89.1 cm³/mol. The van der Waals surface area contributed by atoms with E-state index in [-0.39, 0.29) is 12.5 Å². The molecule has 0 aromatic heterocycles. The van der Waals surface area contributed by atoms with Crippen molar-refractivity contribution in [3.8, 4) is 11.8 Å². The van der Waals surface area contributed by atoms with Crippen molar-refractivity contribution in [1.82, 2.24) is 4.90 Å². The Morgan fingerprint density at radius 2 is 2.04 bits per heavy atom. The highest BCUT2D eigenvalue weighted by Gasteiger charge is 2.08. The van der Waals surface area contributed by atoms with E-state index in [0.29, 0.717) is 17.8 Å². The highest BCUT2D eigenvalue weighted by molar-refractivity contribution is 5.92. The maximum absolute atomic E-state index is 12.1. The number of methoxy groups -OCH3 is 1. The lowest BCUT2D eigenvalue weighted by Crippen LogP contribution is -2.29. The van der Waals surface area contributed by atoms with Crippen molar-refractivity contribution < 1.29 is 9.53 Å². The zero-order valence-electron chi connectivity index (χ0n) is 13.2. The Labute approximate surface area is 136 Å². The number of amides is 1. The molecule has 118 valence electrons. The summed E-state index contributed by atoms with van der Waals surface area (Å²) < 4.78 is 5.19. The molecule has 0 aliphatic carbocycles. The summed E-state index contributed by atoms with van der Waals surface area (Å²) in [7, 11) is 3.51. The summed E-state index contributed by atoms with van der Waals surface area (Å²) in [4.78, 5) is 14.0. The van der Waals surface area contributed by atoms with Crippen LogP contribution in [0.5, 0.6) is 5.75 Å². The first kappa shape index (κ1) is 16.5. The van der Waals surface area contributed by atoms with Crippen LogP contribution in [0.15, 0.2) is 48.5 Å². The van der Waals surface area contributed by atoms with E-state index in [1.165, 1.54) is 0 Å². The van der Waals surface area contributed by atoms with Gasteiger partial charge in [0.05, 0.1) is 25.3 Å². The summed E-state index contributed by atoms with van der Waals surface area (Å²) in [5.41, 5.74) is 2.22. The monoisotopic (exact) mass is 309 g/mol. The summed E-state index contributed by atoms with van der Waals surface area (Å²) in [5, 5.41) is 11.7. The smallest absolute Gasteiger partial charge is 0.238 e. The van der Waals surface area contributed by atoms with Gasteiger partial charge in [0, 0.05) is 12.2 Å². The molecule has 2 aromatic rings. The van der Waals surface area contributed by atoms with Crippen LogP contribution < -0.4 is 10.1 Å². The number of anilines is 1. The van der Waals surface area contributed by atoms with Gasteiger partial charge in [0.1, 0.15) is 5.75 Å². The van der Waals surface area contributed by atoms with E-state index in [0.717, 1.165) is 11.3 Å². The topological polar surface area (TPSA) is 65.4 Å². The number of nitriles is 1. The third-order valence-corrected chi connectivity index (χ3v) is 3.28. The zero-order chi connectivity index (χ0) is 16.7. The molecule has 5 heteroatoms. The maximum Gasteiger partial charge on any atom is 0.238 e. The summed E-state index contributed by atoms with van der Waals surface area (Å²) in [5.74, 6) is 0.680. The molecule has 0 saturated carbocycles. The standard InChI is InChI=1S/C18H19N3O2/c1-21(12-15-6-4-8-17(10-15)23-2)13-18(22)20-16-7-3-5-14(9-16)11-19/h3-10H,12-13H2,1-2H3,(H,20,22). The molecule has 0 aliphatic heterocycles. The highest BCUT2D eigenvalue weighted by atomic mass is 16.5. The van der Waals surface area contributed by atoms with Crippen LogP contribution in [0.2, 0.25) is 0 Å². The van der Waals surface area contributed by atoms with Gasteiger partial charge in [-0.3, -0.25) is 9.69 Å². The molecule has 0 heterocycles. The summed E-state index contributed by atoms with van der Waals surface area (Å²) >= 11 is 0. The Kier molecular flexibility index (Phi) is 5.73. The summed E-state index contributed by atoms with van der Waals surface area (Å²) in [6.45, 7) is 0.900. The minimum Gasteiger partial charge on any atom is -0.497 e. The van der Waals surface area contributed by atoms with Gasteiger partial charge in [-0.15, -0.1) is 0 Å². The fraction of sp³-hybridized carbons (Fsp3) is 0.222. The molecule has 0 saturated heterocycles. The Bertz CT molecular complexity index is 722. The van der Waals surface area contributed by atoms with E-state index in [9.17, 15) is 4.79 Å². The van der Waals surface area contributed by atoms with Crippen LogP contribution in [0.25, 0.3) is 0 Å². The molecule has 2 aromatic carbocycles. The third kappa shape index (κ3) is 5.13. The molecule has 1 amide bonds. The van der Waals surface area contributed by atoms with Crippen LogP contribution in [0.4, 0.5) is 5.69 Å². The van der Waals surface area contributed by atoms with E-state index in [1.54, 1.807) is 31.4 Å². The SMILES string of the molecule is COc1cccc(CN(C)CC(=O)Nc2cccc(C#N)c2)c1. The largest absolute Gasteiger partial charge is 0.497 e. The number of benzene rings is 2. The van der Waals surface area contributed by atoms with Crippen molar-refractivity contribution in [2.24, 2.45) is 0 Å². The molecule has 2 rings (SSSR count). The van der Waals surface area contributed by atoms with Crippen LogP contribution in [0.3, 0.4) is 0 Å². The fourth-order valence-corrected chi connectivity index (χ4v) is 2.25. The van der Waals surface area contributed by atoms with Crippen molar-refractivity contribution >= 4 is 11.6 Å². The van der Waals surface area contributed by atoms with Crippen LogP contribution in [-0.2, 0) is 11.3 Å². The summed E-state index contributed by atoms with van der Waals surface area (Å²) in [6.07, 6.45) is 0. The van der Waals surface area contributed by atoms with Crippen molar-refractivity contribution in [3.05, 3.63) is 59.7 Å². The molecule has 0 bridgehead atoms. The molecule has 5 nitrogen and oxygen atoms in total. The molecular weight excluding hydrogens is 290 g/mol. The predicted octanol–water partition coefficient (Wildman–Crippen LogP) is 2.64. The molecule has 0 fully saturated rings. The molecule has 0 aliphatic rings. The van der Waals surface area contributed by atoms with E-state index in [1.807, 2.05) is 36.2 Å². The highest BCUT2D eigenvalue weighted by Crippen LogP contribution is 2.14. The van der Waals surface area contributed by atoms with Crippen LogP contribution >= 0.6 is 0 Å². The van der Waals surface area contributed by atoms with Gasteiger partial charge in [0.2, 0.25) is 5.91 Å². The van der Waals surface area contributed by atoms with E-state index in [4.69, 9.17) is 10.00 Å². The molecule has 0 spiro atoms. The van der Waals surface area contributed by atoms with Gasteiger partial charge in [-0.2, -0.15) is 5.26 Å². The van der Waals surface area contributed by atoms with Gasteiger partial charge in [0.15, 0.2) is 0 Å². The number of nitrogens with zero attached hydrogens (tertiary/aromatic N) is 2. The first-order valence-electron chi connectivity index (χ1n) is 7.22. The molecule has 1 N–H and O–H groups in total. The van der Waals surface area contributed by atoms with Crippen molar-refractivity contribution in [2.45, 2.75) is 6.54 Å². The average molecular weight is 309 g/mol. The zero-order valence-corrected chi connectivity index (χ0v) is 13.2. The molecule has 0 unspecified atom stereocenters. The van der Waals surface area contributed by atoms with Crippen LogP contribution in [0, 0.1) is 11.3 Å². The third-order valence-electron chi connectivity index (χ3n) is 3.28. The lowest BCUT2D eigenvalue weighted by atomic mass is 10.2. The van der Waals surface area contributed by atoms with E-state index < -0.39 is 0 Å². The molecule has 23 heavy (non-hydrogen) atoms. The molecule has 0 atom stereocenters. The second kappa shape index (κ2) is 7.97. The van der Waals surface area contributed by atoms with Gasteiger partial charge in [-0.05, 0) is 42.9 Å². The Hall–Kier alpha value is -2.84. The lowest BCUT2D eigenvalue weighted by Gasteiger charge is -2.17. The minimum absolute atomic E-state index is 0.120. The minimum atomic E-state index is -0.120. The number of hydrogen-bond donors (Lipinski definition) is 1. The number of carbonyl (C=O) groups is 1. The van der Waals surface area contributed by atoms with Crippen LogP contribution in [-0.4, -0.2) is 31.5 Å². The Morgan fingerprint density at radius 3 is 2.78 bits per heavy atom. The summed E-state index contributed by atoms with van der Waals surface area (Å²) in [6, 6.07) is 16.7. The number of carbonyl (C=O) groups excluding carboxylic acids is 1. The number of hydrogen-bond acceptors (Lipinski definition) is 4. The molecule has 0 radical (unpaired) electrons. The quantitative estimate of drug-likeness (QED) is 0.891. The van der Waals surface area contributed by atoms with E-state index >= 15 is 0 Å². The second-order valence-corrected chi connectivity index (χ2v) is 5.26. The number of likely N-dealkylation sites (N-methyl/N-ethyl adjacent to an activating group) is 1. The normalized spacial score (nSPS) is 10.2. The van der Waals surface area contributed by atoms with Gasteiger partial charge in [0.25, 0.3) is 0 Å². The van der Waals surface area contributed by atoms with Crippen molar-refractivity contribution in [2.75, 3.05) is 26.0 Å². The van der Waals surface area contributed by atoms with Crippen molar-refractivity contribution in [1.29, 1.82) is 5.26 Å². The second-order valence-electron chi connectivity index (χ2n) is 5.26. The first-order chi connectivity index (χ1) is 11.1. The number of nitrogens with one attached hydrogen (secondary N) is 1. The first-order valence-corrected chi connectivity index (χ1v) is 7.22. The molecular formula is C18H19N3O2. The Balaban J connectivity index is 1.90. The number of ether oxygens (including phenoxy) is 1. The van der Waals surface area contributed by atoms with Gasteiger partial charge >= 0.3 is 0 Å².